The van der Waals surface area contributed by atoms with E-state index in [0.717, 1.165) is 5.56 Å². The van der Waals surface area contributed by atoms with Gasteiger partial charge in [0, 0.05) is 16.7 Å². The van der Waals surface area contributed by atoms with Crippen molar-refractivity contribution in [1.82, 2.24) is 0 Å². The molecule has 0 atom stereocenters. The normalized spacial score (nSPS) is 10.6. The first-order valence-corrected chi connectivity index (χ1v) is 3.93. The lowest BCUT2D eigenvalue weighted by molar-refractivity contribution is 0.215. The molecule has 0 N–H and O–H groups in total. The van der Waals surface area contributed by atoms with Crippen LogP contribution in [-0.2, 0) is 4.84 Å². The fourth-order valence-electron chi connectivity index (χ4n) is 0.660. The zero-order chi connectivity index (χ0) is 8.97. The van der Waals surface area contributed by atoms with E-state index in [9.17, 15) is 0 Å². The summed E-state index contributed by atoms with van der Waals surface area (Å²) in [6.45, 7) is 0. The van der Waals surface area contributed by atoms with Crippen LogP contribution in [0.15, 0.2) is 17.3 Å². The van der Waals surface area contributed by atoms with Gasteiger partial charge in [-0.25, -0.2) is 0 Å². The van der Waals surface area contributed by atoms with Gasteiger partial charge >= 0.3 is 0 Å². The molecule has 0 heterocycles. The minimum Gasteiger partial charge on any atom is -0.399 e. The zero-order valence-corrected chi connectivity index (χ0v) is 7.86. The Morgan fingerprint density at radius 1 is 1.58 bits per heavy atom. The van der Waals surface area contributed by atoms with Gasteiger partial charge in [-0.15, -0.1) is 0 Å². The molecule has 0 spiro atoms. The zero-order valence-electron chi connectivity index (χ0n) is 6.34. The lowest BCUT2D eigenvalue weighted by atomic mass is 10.2. The summed E-state index contributed by atoms with van der Waals surface area (Å²) in [7, 11) is 1.46. The Hall–Kier alpha value is -0.730. The third-order valence-electron chi connectivity index (χ3n) is 1.19. The highest BCUT2D eigenvalue weighted by molar-refractivity contribution is 6.36. The Morgan fingerprint density at radius 2 is 2.33 bits per heavy atom. The van der Waals surface area contributed by atoms with E-state index < -0.39 is 0 Å². The third-order valence-corrected chi connectivity index (χ3v) is 1.74. The molecule has 0 unspecified atom stereocenters. The van der Waals surface area contributed by atoms with Crippen LogP contribution in [0.1, 0.15) is 5.56 Å². The molecule has 0 bridgehead atoms. The van der Waals surface area contributed by atoms with Crippen molar-refractivity contribution in [2.45, 2.75) is 0 Å². The summed E-state index contributed by atoms with van der Waals surface area (Å²) in [6.07, 6.45) is 1.50. The first kappa shape index (κ1) is 9.36. The molecule has 0 aliphatic carbocycles. The van der Waals surface area contributed by atoms with Crippen LogP contribution in [0.3, 0.4) is 0 Å². The van der Waals surface area contributed by atoms with Crippen LogP contribution in [0.5, 0.6) is 0 Å². The number of hydrogen-bond acceptors (Lipinski definition) is 2. The molecule has 1 aromatic rings. The van der Waals surface area contributed by atoms with E-state index in [1.165, 1.54) is 13.3 Å². The number of rotatable bonds is 2. The molecule has 0 aliphatic rings. The second kappa shape index (κ2) is 4.33. The first-order valence-electron chi connectivity index (χ1n) is 3.17. The summed E-state index contributed by atoms with van der Waals surface area (Å²) >= 11 is 11.4. The van der Waals surface area contributed by atoms with Crippen molar-refractivity contribution in [3.8, 4) is 0 Å². The van der Waals surface area contributed by atoms with Crippen LogP contribution in [0.2, 0.25) is 10.0 Å². The van der Waals surface area contributed by atoms with Gasteiger partial charge in [-0.1, -0.05) is 28.4 Å². The Balaban J connectivity index is 2.94. The highest BCUT2D eigenvalue weighted by atomic mass is 35.5. The second-order valence-corrected chi connectivity index (χ2v) is 2.82. The molecular weight excluding hydrogens is 197 g/mol. The van der Waals surface area contributed by atoms with Gasteiger partial charge in [-0.05, 0) is 12.1 Å². The molecule has 2 nitrogen and oxygen atoms in total. The molecule has 0 aromatic heterocycles. The van der Waals surface area contributed by atoms with Gasteiger partial charge in [0.2, 0.25) is 0 Å². The molecule has 0 fully saturated rings. The number of halogens is 2. The summed E-state index contributed by atoms with van der Waals surface area (Å²) in [5.74, 6) is 0. The quantitative estimate of drug-likeness (QED) is 0.534. The lowest BCUT2D eigenvalue weighted by Gasteiger charge is -1.96. The fourth-order valence-corrected chi connectivity index (χ4v) is 1.09. The molecule has 1 rings (SSSR count). The van der Waals surface area contributed by atoms with E-state index in [1.54, 1.807) is 12.1 Å². The molecule has 4 heteroatoms. The Bertz CT molecular complexity index is 299. The van der Waals surface area contributed by atoms with Crippen molar-refractivity contribution in [2.24, 2.45) is 5.16 Å². The predicted molar refractivity (Wildman–Crippen MR) is 49.9 cm³/mol. The molecule has 0 saturated carbocycles. The van der Waals surface area contributed by atoms with Crippen LogP contribution >= 0.6 is 23.2 Å². The molecule has 63 valence electrons. The number of benzene rings is 1. The summed E-state index contributed by atoms with van der Waals surface area (Å²) in [6, 6.07) is 6.03. The van der Waals surface area contributed by atoms with E-state index in [4.69, 9.17) is 23.2 Å². The maximum absolute atomic E-state index is 5.81. The highest BCUT2D eigenvalue weighted by Crippen LogP contribution is 2.18. The van der Waals surface area contributed by atoms with Crippen LogP contribution in [0, 0.1) is 6.07 Å². The Morgan fingerprint density at radius 3 is 2.92 bits per heavy atom. The topological polar surface area (TPSA) is 21.6 Å². The monoisotopic (exact) mass is 202 g/mol. The Labute approximate surface area is 80.7 Å². The van der Waals surface area contributed by atoms with E-state index in [0.29, 0.717) is 10.0 Å². The third kappa shape index (κ3) is 2.40. The van der Waals surface area contributed by atoms with Gasteiger partial charge in [-0.2, -0.15) is 0 Å². The van der Waals surface area contributed by atoms with Crippen LogP contribution in [-0.4, -0.2) is 13.3 Å². The molecule has 12 heavy (non-hydrogen) atoms. The molecule has 1 aromatic carbocycles. The molecular formula is C8H6Cl2NO. The number of hydrogen-bond donors (Lipinski definition) is 0. The van der Waals surface area contributed by atoms with Crippen LogP contribution < -0.4 is 0 Å². The van der Waals surface area contributed by atoms with Crippen molar-refractivity contribution in [3.05, 3.63) is 33.8 Å². The summed E-state index contributed by atoms with van der Waals surface area (Å²) in [5.41, 5.74) is 0.725. The van der Waals surface area contributed by atoms with Crippen molar-refractivity contribution in [2.75, 3.05) is 7.11 Å². The van der Waals surface area contributed by atoms with Gasteiger partial charge in [-0.3, -0.25) is 0 Å². The molecule has 0 aliphatic heterocycles. The minimum atomic E-state index is 0.481. The molecule has 0 amide bonds. The summed E-state index contributed by atoms with van der Waals surface area (Å²) in [4.78, 5) is 4.49. The number of nitrogens with zero attached hydrogens (tertiary/aromatic N) is 1. The number of oxime groups is 1. The van der Waals surface area contributed by atoms with Gasteiger partial charge in [0.05, 0.1) is 11.2 Å². The van der Waals surface area contributed by atoms with Crippen molar-refractivity contribution in [1.29, 1.82) is 0 Å². The Kier molecular flexibility index (Phi) is 3.38. The minimum absolute atomic E-state index is 0.481. The summed E-state index contributed by atoms with van der Waals surface area (Å²) in [5, 5.41) is 4.57. The van der Waals surface area contributed by atoms with E-state index in [-0.39, 0.29) is 0 Å². The van der Waals surface area contributed by atoms with Gasteiger partial charge < -0.3 is 4.84 Å². The lowest BCUT2D eigenvalue weighted by Crippen LogP contribution is -1.83. The fraction of sp³-hybridized carbons (Fsp3) is 0.125. The van der Waals surface area contributed by atoms with Gasteiger partial charge in [0.1, 0.15) is 7.11 Å². The van der Waals surface area contributed by atoms with Crippen LogP contribution in [0.4, 0.5) is 0 Å². The average Bonchev–Trinajstić information content (AvgIpc) is 2.03. The van der Waals surface area contributed by atoms with Gasteiger partial charge in [0.15, 0.2) is 0 Å². The summed E-state index contributed by atoms with van der Waals surface area (Å²) < 4.78 is 0. The standard InChI is InChI=1S/C8H6Cl2NO/c1-12-11-5-6-2-3-7(9)4-8(6)10/h2,4-5H,1H3. The van der Waals surface area contributed by atoms with Crippen molar-refractivity contribution in [3.63, 3.8) is 0 Å². The van der Waals surface area contributed by atoms with Crippen molar-refractivity contribution >= 4 is 29.4 Å². The second-order valence-electron chi connectivity index (χ2n) is 2.00. The largest absolute Gasteiger partial charge is 0.399 e. The SMILES string of the molecule is CON=Cc1c[c]c(Cl)cc1Cl. The van der Waals surface area contributed by atoms with Crippen LogP contribution in [0.25, 0.3) is 0 Å². The smallest absolute Gasteiger partial charge is 0.106 e. The van der Waals surface area contributed by atoms with E-state index in [1.807, 2.05) is 0 Å². The van der Waals surface area contributed by atoms with E-state index >= 15 is 0 Å². The highest BCUT2D eigenvalue weighted by Gasteiger charge is 1.97. The maximum atomic E-state index is 5.81. The maximum Gasteiger partial charge on any atom is 0.106 e. The van der Waals surface area contributed by atoms with Gasteiger partial charge in [0.25, 0.3) is 0 Å². The average molecular weight is 203 g/mol. The molecule has 0 saturated heterocycles. The first-order chi connectivity index (χ1) is 5.74. The predicted octanol–water partition coefficient (Wildman–Crippen LogP) is 2.77. The van der Waals surface area contributed by atoms with Crippen molar-refractivity contribution < 1.29 is 4.84 Å². The van der Waals surface area contributed by atoms with E-state index in [2.05, 4.69) is 16.1 Å². The molecule has 1 radical (unpaired) electrons.